The highest BCUT2D eigenvalue weighted by Crippen LogP contribution is 2.40. The Morgan fingerprint density at radius 3 is 2.80 bits per heavy atom. The molecular weight excluding hydrogens is 182 g/mol. The summed E-state index contributed by atoms with van der Waals surface area (Å²) in [4.78, 5) is 0. The monoisotopic (exact) mass is 203 g/mol. The van der Waals surface area contributed by atoms with E-state index in [2.05, 4.69) is 31.2 Å². The Labute approximate surface area is 92.7 Å². The van der Waals surface area contributed by atoms with Crippen LogP contribution in [0.3, 0.4) is 0 Å². The van der Waals surface area contributed by atoms with Gasteiger partial charge < -0.3 is 5.73 Å². The molecule has 0 aromatic heterocycles. The summed E-state index contributed by atoms with van der Waals surface area (Å²) in [7, 11) is 0. The Kier molecular flexibility index (Phi) is 3.42. The molecule has 0 aliphatic heterocycles. The summed E-state index contributed by atoms with van der Waals surface area (Å²) in [6.45, 7) is 3.08. The topological polar surface area (TPSA) is 26.0 Å². The molecule has 0 saturated heterocycles. The van der Waals surface area contributed by atoms with Crippen molar-refractivity contribution in [2.24, 2.45) is 11.7 Å². The van der Waals surface area contributed by atoms with Gasteiger partial charge in [-0.3, -0.25) is 0 Å². The Morgan fingerprint density at radius 1 is 1.27 bits per heavy atom. The number of nitrogens with two attached hydrogens (primary N) is 1. The van der Waals surface area contributed by atoms with Gasteiger partial charge in [0.2, 0.25) is 0 Å². The molecule has 2 N–H and O–H groups in total. The van der Waals surface area contributed by atoms with Gasteiger partial charge in [-0.1, -0.05) is 24.3 Å². The summed E-state index contributed by atoms with van der Waals surface area (Å²) in [5.41, 5.74) is 8.64. The zero-order valence-corrected chi connectivity index (χ0v) is 9.58. The van der Waals surface area contributed by atoms with Crippen LogP contribution in [0.2, 0.25) is 0 Å². The molecule has 0 amide bonds. The zero-order valence-electron chi connectivity index (χ0n) is 9.58. The molecule has 0 heterocycles. The number of hydrogen-bond donors (Lipinski definition) is 1. The van der Waals surface area contributed by atoms with E-state index in [0.717, 1.165) is 18.4 Å². The first-order valence-corrected chi connectivity index (χ1v) is 6.07. The van der Waals surface area contributed by atoms with Crippen molar-refractivity contribution in [2.45, 2.75) is 38.5 Å². The van der Waals surface area contributed by atoms with Crippen molar-refractivity contribution in [1.29, 1.82) is 0 Å². The van der Waals surface area contributed by atoms with Crippen molar-refractivity contribution in [2.75, 3.05) is 6.54 Å². The van der Waals surface area contributed by atoms with Gasteiger partial charge in [0, 0.05) is 0 Å². The fourth-order valence-electron chi connectivity index (χ4n) is 2.90. The van der Waals surface area contributed by atoms with E-state index in [1.807, 2.05) is 0 Å². The van der Waals surface area contributed by atoms with E-state index in [1.54, 1.807) is 5.56 Å². The standard InChI is InChI=1S/C14H21N/c1-11-4-2-3-5-14(11)13-7-6-12(10-13)8-9-15/h2-5,12-13H,6-10,15H2,1H3. The van der Waals surface area contributed by atoms with Gasteiger partial charge in [0.25, 0.3) is 0 Å². The van der Waals surface area contributed by atoms with Crippen LogP contribution < -0.4 is 5.73 Å². The third-order valence-electron chi connectivity index (χ3n) is 3.74. The first kappa shape index (κ1) is 10.7. The van der Waals surface area contributed by atoms with E-state index in [4.69, 9.17) is 5.73 Å². The number of hydrogen-bond acceptors (Lipinski definition) is 1. The van der Waals surface area contributed by atoms with Gasteiger partial charge in [-0.05, 0) is 62.1 Å². The van der Waals surface area contributed by atoms with Crippen LogP contribution in [0.5, 0.6) is 0 Å². The first-order chi connectivity index (χ1) is 7.31. The lowest BCUT2D eigenvalue weighted by Gasteiger charge is -2.13. The highest BCUT2D eigenvalue weighted by Gasteiger charge is 2.25. The van der Waals surface area contributed by atoms with E-state index in [9.17, 15) is 0 Å². The molecule has 2 atom stereocenters. The van der Waals surface area contributed by atoms with Crippen molar-refractivity contribution < 1.29 is 0 Å². The predicted molar refractivity (Wildman–Crippen MR) is 64.9 cm³/mol. The van der Waals surface area contributed by atoms with Crippen LogP contribution in [0.25, 0.3) is 0 Å². The van der Waals surface area contributed by atoms with E-state index in [-0.39, 0.29) is 0 Å². The van der Waals surface area contributed by atoms with Gasteiger partial charge in [-0.25, -0.2) is 0 Å². The predicted octanol–water partition coefficient (Wildman–Crippen LogP) is 3.23. The second-order valence-corrected chi connectivity index (χ2v) is 4.81. The third-order valence-corrected chi connectivity index (χ3v) is 3.74. The highest BCUT2D eigenvalue weighted by atomic mass is 14.5. The van der Waals surface area contributed by atoms with Crippen LogP contribution in [0.1, 0.15) is 42.7 Å². The molecule has 1 saturated carbocycles. The molecule has 2 unspecified atom stereocenters. The van der Waals surface area contributed by atoms with Crippen LogP contribution in [-0.2, 0) is 0 Å². The first-order valence-electron chi connectivity index (χ1n) is 6.07. The van der Waals surface area contributed by atoms with Gasteiger partial charge in [0.15, 0.2) is 0 Å². The number of rotatable bonds is 3. The van der Waals surface area contributed by atoms with E-state index in [1.165, 1.54) is 31.2 Å². The van der Waals surface area contributed by atoms with Crippen LogP contribution >= 0.6 is 0 Å². The van der Waals surface area contributed by atoms with Gasteiger partial charge in [-0.15, -0.1) is 0 Å². The Bertz CT molecular complexity index is 319. The normalized spacial score (nSPS) is 25.7. The lowest BCUT2D eigenvalue weighted by Crippen LogP contribution is -2.05. The number of benzene rings is 1. The SMILES string of the molecule is Cc1ccccc1C1CCC(CCN)C1. The smallest absolute Gasteiger partial charge is 0.00746 e. The van der Waals surface area contributed by atoms with E-state index < -0.39 is 0 Å². The molecule has 1 heteroatoms. The molecule has 82 valence electrons. The van der Waals surface area contributed by atoms with Crippen molar-refractivity contribution in [3.63, 3.8) is 0 Å². The molecular formula is C14H21N. The minimum atomic E-state index is 0.794. The average molecular weight is 203 g/mol. The van der Waals surface area contributed by atoms with E-state index in [0.29, 0.717) is 0 Å². The number of aryl methyl sites for hydroxylation is 1. The summed E-state index contributed by atoms with van der Waals surface area (Å²) >= 11 is 0. The van der Waals surface area contributed by atoms with Gasteiger partial charge >= 0.3 is 0 Å². The quantitative estimate of drug-likeness (QED) is 0.802. The maximum atomic E-state index is 5.62. The molecule has 2 rings (SSSR count). The molecule has 0 spiro atoms. The second-order valence-electron chi connectivity index (χ2n) is 4.81. The lowest BCUT2D eigenvalue weighted by molar-refractivity contribution is 0.503. The summed E-state index contributed by atoms with van der Waals surface area (Å²) in [6.07, 6.45) is 5.29. The van der Waals surface area contributed by atoms with Gasteiger partial charge in [0.1, 0.15) is 0 Å². The summed E-state index contributed by atoms with van der Waals surface area (Å²) < 4.78 is 0. The van der Waals surface area contributed by atoms with Crippen LogP contribution in [0.4, 0.5) is 0 Å². The van der Waals surface area contributed by atoms with Crippen LogP contribution in [0.15, 0.2) is 24.3 Å². The molecule has 1 nitrogen and oxygen atoms in total. The lowest BCUT2D eigenvalue weighted by atomic mass is 9.92. The summed E-state index contributed by atoms with van der Waals surface area (Å²) in [6, 6.07) is 8.82. The summed E-state index contributed by atoms with van der Waals surface area (Å²) in [5, 5.41) is 0. The molecule has 1 aromatic carbocycles. The molecule has 1 aliphatic carbocycles. The zero-order chi connectivity index (χ0) is 10.7. The highest BCUT2D eigenvalue weighted by molar-refractivity contribution is 5.29. The fraction of sp³-hybridized carbons (Fsp3) is 0.571. The Hall–Kier alpha value is -0.820. The largest absolute Gasteiger partial charge is 0.330 e. The molecule has 15 heavy (non-hydrogen) atoms. The average Bonchev–Trinajstić information content (AvgIpc) is 2.68. The minimum Gasteiger partial charge on any atom is -0.330 e. The van der Waals surface area contributed by atoms with Crippen molar-refractivity contribution >= 4 is 0 Å². The fourth-order valence-corrected chi connectivity index (χ4v) is 2.90. The van der Waals surface area contributed by atoms with Crippen LogP contribution in [-0.4, -0.2) is 6.54 Å². The van der Waals surface area contributed by atoms with Crippen molar-refractivity contribution in [3.8, 4) is 0 Å². The molecule has 0 radical (unpaired) electrons. The molecule has 1 aliphatic rings. The molecule has 1 aromatic rings. The van der Waals surface area contributed by atoms with Gasteiger partial charge in [0.05, 0.1) is 0 Å². The van der Waals surface area contributed by atoms with Crippen molar-refractivity contribution in [1.82, 2.24) is 0 Å². The maximum Gasteiger partial charge on any atom is -0.00746 e. The van der Waals surface area contributed by atoms with Gasteiger partial charge in [-0.2, -0.15) is 0 Å². The Morgan fingerprint density at radius 2 is 2.07 bits per heavy atom. The van der Waals surface area contributed by atoms with E-state index >= 15 is 0 Å². The molecule has 1 fully saturated rings. The van der Waals surface area contributed by atoms with Crippen LogP contribution in [0, 0.1) is 12.8 Å². The van der Waals surface area contributed by atoms with Crippen molar-refractivity contribution in [3.05, 3.63) is 35.4 Å². The minimum absolute atomic E-state index is 0.794. The maximum absolute atomic E-state index is 5.62. The third kappa shape index (κ3) is 2.40. The Balaban J connectivity index is 2.04. The molecule has 0 bridgehead atoms. The second kappa shape index (κ2) is 4.80. The summed E-state index contributed by atoms with van der Waals surface area (Å²) in [5.74, 6) is 1.67.